The summed E-state index contributed by atoms with van der Waals surface area (Å²) in [6, 6.07) is 8.85. The van der Waals surface area contributed by atoms with E-state index in [9.17, 15) is 23.1 Å². The Morgan fingerprint density at radius 1 is 1.12 bits per heavy atom. The Hall–Kier alpha value is -4.02. The van der Waals surface area contributed by atoms with Crippen molar-refractivity contribution in [1.82, 2.24) is 24.5 Å². The molecule has 2 N–H and O–H groups in total. The summed E-state index contributed by atoms with van der Waals surface area (Å²) in [5.74, 6) is 0.762. The van der Waals surface area contributed by atoms with Crippen molar-refractivity contribution in [1.29, 1.82) is 0 Å². The smallest absolute Gasteiger partial charge is 0.416 e. The predicted octanol–water partition coefficient (Wildman–Crippen LogP) is 6.52. The molecule has 1 unspecified atom stereocenters. The minimum Gasteiger partial charge on any atom is -0.481 e. The Bertz CT molecular complexity index is 1500. The van der Waals surface area contributed by atoms with Crippen molar-refractivity contribution in [3.8, 4) is 11.5 Å². The second kappa shape index (κ2) is 11.2. The van der Waals surface area contributed by atoms with Crippen LogP contribution in [0.4, 0.5) is 19.0 Å². The van der Waals surface area contributed by atoms with Gasteiger partial charge in [0.2, 0.25) is 0 Å². The zero-order valence-corrected chi connectivity index (χ0v) is 22.3. The summed E-state index contributed by atoms with van der Waals surface area (Å²) in [6.45, 7) is 4.37. The van der Waals surface area contributed by atoms with E-state index in [1.54, 1.807) is 6.20 Å². The molecular formula is C29H31F3N6O2. The molecule has 1 fully saturated rings. The van der Waals surface area contributed by atoms with Crippen LogP contribution in [0.5, 0.6) is 0 Å². The van der Waals surface area contributed by atoms with Gasteiger partial charge in [0.25, 0.3) is 0 Å². The largest absolute Gasteiger partial charge is 0.481 e. The van der Waals surface area contributed by atoms with Crippen molar-refractivity contribution in [2.24, 2.45) is 5.92 Å². The van der Waals surface area contributed by atoms with E-state index in [-0.39, 0.29) is 24.9 Å². The van der Waals surface area contributed by atoms with Crippen molar-refractivity contribution < 1.29 is 23.1 Å². The molecule has 4 aromatic rings. The first-order chi connectivity index (χ1) is 19.1. The van der Waals surface area contributed by atoms with Crippen LogP contribution in [0.15, 0.2) is 48.9 Å². The molecule has 0 amide bonds. The number of imidazole rings is 1. The number of carboxylic acid groups (broad SMARTS) is 1. The number of rotatable bonds is 10. The lowest BCUT2D eigenvalue weighted by molar-refractivity contribution is -0.138. The summed E-state index contributed by atoms with van der Waals surface area (Å²) < 4.78 is 41.5. The first-order valence-corrected chi connectivity index (χ1v) is 13.4. The minimum absolute atomic E-state index is 0.0321. The van der Waals surface area contributed by atoms with Crippen molar-refractivity contribution in [3.63, 3.8) is 0 Å². The van der Waals surface area contributed by atoms with E-state index in [2.05, 4.69) is 34.1 Å². The molecule has 0 saturated heterocycles. The zero-order chi connectivity index (χ0) is 28.4. The quantitative estimate of drug-likeness (QED) is 0.231. The monoisotopic (exact) mass is 552 g/mol. The van der Waals surface area contributed by atoms with E-state index in [0.29, 0.717) is 46.4 Å². The first-order valence-electron chi connectivity index (χ1n) is 13.4. The standard InChI is InChI=1S/C29H31F3N6O2/c1-17(2)20-12-13-33-23(14-20)28-37-27-25(38(28)15-18-6-8-21(9-7-18)29(30,31)32)26(34-16-35-27)36-22(10-11-24(39)40)19-4-3-5-19/h6-9,12-14,16-17,19,22H,3-5,10-11,15H2,1-2H3,(H,39,40)(H,34,35,36). The topological polar surface area (TPSA) is 106 Å². The fourth-order valence-corrected chi connectivity index (χ4v) is 5.05. The Morgan fingerprint density at radius 3 is 2.50 bits per heavy atom. The van der Waals surface area contributed by atoms with Crippen LogP contribution in [-0.2, 0) is 17.5 Å². The first kappa shape index (κ1) is 27.5. The molecule has 5 rings (SSSR count). The van der Waals surface area contributed by atoms with Gasteiger partial charge in [0, 0.05) is 25.2 Å². The van der Waals surface area contributed by atoms with Crippen LogP contribution in [0.25, 0.3) is 22.7 Å². The van der Waals surface area contributed by atoms with Gasteiger partial charge in [-0.2, -0.15) is 13.2 Å². The number of aromatic nitrogens is 5. The van der Waals surface area contributed by atoms with Crippen LogP contribution in [-0.4, -0.2) is 41.6 Å². The minimum atomic E-state index is -4.43. The summed E-state index contributed by atoms with van der Waals surface area (Å²) in [5.41, 5.74) is 2.62. The van der Waals surface area contributed by atoms with Gasteiger partial charge in [0.15, 0.2) is 17.3 Å². The van der Waals surface area contributed by atoms with E-state index in [1.807, 2.05) is 16.7 Å². The van der Waals surface area contributed by atoms with E-state index in [0.717, 1.165) is 37.0 Å². The van der Waals surface area contributed by atoms with Gasteiger partial charge >= 0.3 is 12.1 Å². The van der Waals surface area contributed by atoms with Gasteiger partial charge in [-0.25, -0.2) is 15.0 Å². The highest BCUT2D eigenvalue weighted by atomic mass is 19.4. The number of nitrogens with zero attached hydrogens (tertiary/aromatic N) is 5. The fraction of sp³-hybridized carbons (Fsp3) is 0.414. The van der Waals surface area contributed by atoms with Crippen LogP contribution < -0.4 is 5.32 Å². The third kappa shape index (κ3) is 5.93. The maximum atomic E-state index is 13.2. The van der Waals surface area contributed by atoms with E-state index in [1.165, 1.54) is 18.5 Å². The van der Waals surface area contributed by atoms with Crippen LogP contribution in [0, 0.1) is 5.92 Å². The molecule has 8 nitrogen and oxygen atoms in total. The Morgan fingerprint density at radius 2 is 1.88 bits per heavy atom. The van der Waals surface area contributed by atoms with Crippen molar-refractivity contribution in [2.75, 3.05) is 5.32 Å². The third-order valence-electron chi connectivity index (χ3n) is 7.55. The van der Waals surface area contributed by atoms with Crippen LogP contribution in [0.2, 0.25) is 0 Å². The SMILES string of the molecule is CC(C)c1ccnc(-c2nc3ncnc(NC(CCC(=O)O)C4CCC4)c3n2Cc2ccc(C(F)(F)F)cc2)c1. The van der Waals surface area contributed by atoms with Crippen molar-refractivity contribution in [2.45, 2.75) is 70.6 Å². The number of fused-ring (bicyclic) bond motifs is 1. The predicted molar refractivity (Wildman–Crippen MR) is 145 cm³/mol. The number of anilines is 1. The number of alkyl halides is 3. The Labute approximate surface area is 229 Å². The molecule has 3 aromatic heterocycles. The lowest BCUT2D eigenvalue weighted by Crippen LogP contribution is -2.34. The molecule has 1 aliphatic rings. The second-order valence-corrected chi connectivity index (χ2v) is 10.6. The van der Waals surface area contributed by atoms with Crippen molar-refractivity contribution >= 4 is 23.0 Å². The van der Waals surface area contributed by atoms with Crippen molar-refractivity contribution in [3.05, 3.63) is 65.6 Å². The van der Waals surface area contributed by atoms with Gasteiger partial charge < -0.3 is 15.0 Å². The number of pyridine rings is 1. The molecule has 1 aliphatic carbocycles. The Kier molecular flexibility index (Phi) is 7.73. The molecule has 1 aromatic carbocycles. The molecule has 0 spiro atoms. The van der Waals surface area contributed by atoms with E-state index >= 15 is 0 Å². The van der Waals surface area contributed by atoms with Gasteiger partial charge in [-0.05, 0) is 66.5 Å². The van der Waals surface area contributed by atoms with E-state index in [4.69, 9.17) is 4.98 Å². The summed E-state index contributed by atoms with van der Waals surface area (Å²) in [7, 11) is 0. The summed E-state index contributed by atoms with van der Waals surface area (Å²) in [4.78, 5) is 29.6. The van der Waals surface area contributed by atoms with E-state index < -0.39 is 17.7 Å². The highest BCUT2D eigenvalue weighted by molar-refractivity contribution is 5.86. The fourth-order valence-electron chi connectivity index (χ4n) is 5.05. The molecule has 1 atom stereocenters. The second-order valence-electron chi connectivity index (χ2n) is 10.6. The number of aliphatic carboxylic acids is 1. The Balaban J connectivity index is 1.61. The number of nitrogens with one attached hydrogen (secondary N) is 1. The number of carboxylic acids is 1. The summed E-state index contributed by atoms with van der Waals surface area (Å²) >= 11 is 0. The maximum Gasteiger partial charge on any atom is 0.416 e. The molecular weight excluding hydrogens is 521 g/mol. The molecule has 1 saturated carbocycles. The van der Waals surface area contributed by atoms with Gasteiger partial charge in [-0.15, -0.1) is 0 Å². The molecule has 3 heterocycles. The average Bonchev–Trinajstić information content (AvgIpc) is 3.25. The summed E-state index contributed by atoms with van der Waals surface area (Å²) in [5, 5.41) is 12.8. The number of hydrogen-bond acceptors (Lipinski definition) is 6. The molecule has 40 heavy (non-hydrogen) atoms. The number of hydrogen-bond donors (Lipinski definition) is 2. The van der Waals surface area contributed by atoms with Crippen LogP contribution in [0.1, 0.15) is 68.6 Å². The highest BCUT2D eigenvalue weighted by Gasteiger charge is 2.31. The maximum absolute atomic E-state index is 13.2. The molecule has 0 bridgehead atoms. The lowest BCUT2D eigenvalue weighted by Gasteiger charge is -2.34. The van der Waals surface area contributed by atoms with Crippen LogP contribution in [0.3, 0.4) is 0 Å². The number of carbonyl (C=O) groups is 1. The van der Waals surface area contributed by atoms with Gasteiger partial charge in [-0.1, -0.05) is 32.4 Å². The van der Waals surface area contributed by atoms with Gasteiger partial charge in [0.05, 0.1) is 5.56 Å². The average molecular weight is 553 g/mol. The molecule has 11 heteroatoms. The van der Waals surface area contributed by atoms with Gasteiger partial charge in [0.1, 0.15) is 17.5 Å². The number of halogens is 3. The molecule has 0 radical (unpaired) electrons. The normalized spacial score (nSPS) is 14.8. The third-order valence-corrected chi connectivity index (χ3v) is 7.55. The van der Waals surface area contributed by atoms with Gasteiger partial charge in [-0.3, -0.25) is 9.78 Å². The van der Waals surface area contributed by atoms with Crippen LogP contribution >= 0.6 is 0 Å². The number of benzene rings is 1. The lowest BCUT2D eigenvalue weighted by atomic mass is 9.78. The zero-order valence-electron chi connectivity index (χ0n) is 22.3. The molecule has 210 valence electrons. The highest BCUT2D eigenvalue weighted by Crippen LogP contribution is 2.35. The molecule has 0 aliphatic heterocycles. The summed E-state index contributed by atoms with van der Waals surface area (Å²) in [6.07, 6.45) is 2.30.